The number of carbonyl (C=O) groups excluding carboxylic acids is 1. The van der Waals surface area contributed by atoms with E-state index in [9.17, 15) is 13.2 Å². The van der Waals surface area contributed by atoms with Crippen LogP contribution in [0.15, 0.2) is 47.1 Å². The minimum atomic E-state index is -2.99. The van der Waals surface area contributed by atoms with Crippen molar-refractivity contribution in [3.05, 3.63) is 54.3 Å². The van der Waals surface area contributed by atoms with Crippen molar-refractivity contribution in [1.82, 2.24) is 24.2 Å². The van der Waals surface area contributed by atoms with Gasteiger partial charge in [-0.05, 0) is 35.4 Å². The summed E-state index contributed by atoms with van der Waals surface area (Å²) >= 11 is 0. The number of carbonyl (C=O) groups is 1. The number of aromatic nitrogens is 3. The van der Waals surface area contributed by atoms with Crippen molar-refractivity contribution in [2.24, 2.45) is 0 Å². The van der Waals surface area contributed by atoms with E-state index < -0.39 is 9.84 Å². The fourth-order valence-electron chi connectivity index (χ4n) is 4.16. The lowest BCUT2D eigenvalue weighted by Crippen LogP contribution is -2.49. The fraction of sp³-hybridized carbons (Fsp3) is 0.348. The predicted molar refractivity (Wildman–Crippen MR) is 125 cm³/mol. The number of pyridine rings is 1. The smallest absolute Gasteiger partial charge is 0.272 e. The van der Waals surface area contributed by atoms with Crippen LogP contribution in [0.2, 0.25) is 0 Å². The molecule has 1 amide bonds. The average Bonchev–Trinajstić information content (AvgIpc) is 3.38. The molecule has 0 atom stereocenters. The third-order valence-corrected chi connectivity index (χ3v) is 6.91. The van der Waals surface area contributed by atoms with Crippen molar-refractivity contribution in [3.63, 3.8) is 0 Å². The van der Waals surface area contributed by atoms with Crippen LogP contribution in [-0.2, 0) is 9.84 Å². The number of rotatable bonds is 5. The summed E-state index contributed by atoms with van der Waals surface area (Å²) in [7, 11) is -2.99. The third kappa shape index (κ3) is 4.49. The molecule has 0 bridgehead atoms. The number of fused-ring (bicyclic) bond motifs is 2. The van der Waals surface area contributed by atoms with E-state index in [4.69, 9.17) is 4.42 Å². The highest BCUT2D eigenvalue weighted by molar-refractivity contribution is 7.90. The van der Waals surface area contributed by atoms with E-state index in [1.807, 2.05) is 47.9 Å². The summed E-state index contributed by atoms with van der Waals surface area (Å²) in [4.78, 5) is 26.0. The van der Waals surface area contributed by atoms with Crippen molar-refractivity contribution in [2.75, 3.05) is 44.7 Å². The first kappa shape index (κ1) is 21.6. The topological polar surface area (TPSA) is 101 Å². The molecule has 0 radical (unpaired) electrons. The van der Waals surface area contributed by atoms with Crippen molar-refractivity contribution < 1.29 is 17.6 Å². The maximum atomic E-state index is 13.3. The number of amides is 1. The molecular formula is C23H25N5O4S. The molecule has 1 aliphatic rings. The number of hydrogen-bond donors (Lipinski definition) is 0. The Morgan fingerprint density at radius 1 is 1.09 bits per heavy atom. The standard InChI is InChI=1S/C23H25N5O4S/c1-16-25-19-13-17(3-5-21(19)32-16)18-4-6-22-24-14-20(28(22)15-18)23(29)27-9-7-26(8-10-27)11-12-33(2,30)31/h3-6,13-15H,7-12H2,1-2H3. The van der Waals surface area contributed by atoms with Gasteiger partial charge in [0.1, 0.15) is 26.7 Å². The first-order valence-electron chi connectivity index (χ1n) is 10.8. The van der Waals surface area contributed by atoms with Crippen LogP contribution in [-0.4, -0.2) is 83.2 Å². The second kappa shape index (κ2) is 8.27. The van der Waals surface area contributed by atoms with Crippen LogP contribution in [0, 0.1) is 6.92 Å². The summed E-state index contributed by atoms with van der Waals surface area (Å²) in [6.07, 6.45) is 4.78. The largest absolute Gasteiger partial charge is 0.441 e. The zero-order valence-corrected chi connectivity index (χ0v) is 19.4. The van der Waals surface area contributed by atoms with Crippen LogP contribution < -0.4 is 0 Å². The van der Waals surface area contributed by atoms with Gasteiger partial charge >= 0.3 is 0 Å². The van der Waals surface area contributed by atoms with E-state index in [-0.39, 0.29) is 11.7 Å². The van der Waals surface area contributed by atoms with E-state index >= 15 is 0 Å². The van der Waals surface area contributed by atoms with Gasteiger partial charge < -0.3 is 9.32 Å². The highest BCUT2D eigenvalue weighted by Gasteiger charge is 2.25. The lowest BCUT2D eigenvalue weighted by molar-refractivity contribution is 0.0637. The van der Waals surface area contributed by atoms with Crippen molar-refractivity contribution in [3.8, 4) is 11.1 Å². The fourth-order valence-corrected chi connectivity index (χ4v) is 4.75. The molecule has 0 unspecified atom stereocenters. The molecule has 4 aromatic rings. The molecule has 0 spiro atoms. The highest BCUT2D eigenvalue weighted by atomic mass is 32.2. The van der Waals surface area contributed by atoms with Crippen LogP contribution >= 0.6 is 0 Å². The molecule has 5 rings (SSSR count). The summed E-state index contributed by atoms with van der Waals surface area (Å²) in [5, 5.41) is 0. The van der Waals surface area contributed by atoms with Gasteiger partial charge in [-0.1, -0.05) is 6.07 Å². The van der Waals surface area contributed by atoms with Crippen LogP contribution in [0.4, 0.5) is 0 Å². The second-order valence-corrected chi connectivity index (χ2v) is 10.7. The summed E-state index contributed by atoms with van der Waals surface area (Å²) < 4.78 is 30.2. The number of aryl methyl sites for hydroxylation is 1. The Labute approximate surface area is 191 Å². The third-order valence-electron chi connectivity index (χ3n) is 5.99. The SMILES string of the molecule is Cc1nc2cc(-c3ccc4ncc(C(=O)N5CCN(CCS(C)(=O)=O)CC5)n4c3)ccc2o1. The Bertz CT molecular complexity index is 1450. The number of imidazole rings is 1. The molecule has 1 aromatic carbocycles. The van der Waals surface area contributed by atoms with E-state index in [1.54, 1.807) is 11.1 Å². The molecular weight excluding hydrogens is 442 g/mol. The number of nitrogens with zero attached hydrogens (tertiary/aromatic N) is 5. The van der Waals surface area contributed by atoms with Crippen molar-refractivity contribution >= 4 is 32.5 Å². The average molecular weight is 468 g/mol. The predicted octanol–water partition coefficient (Wildman–Crippen LogP) is 2.25. The molecule has 0 aliphatic carbocycles. The molecule has 1 saturated heterocycles. The number of piperazine rings is 1. The summed E-state index contributed by atoms with van der Waals surface area (Å²) in [5.41, 5.74) is 4.67. The molecule has 0 saturated carbocycles. The zero-order chi connectivity index (χ0) is 23.2. The summed E-state index contributed by atoms with van der Waals surface area (Å²) in [6, 6.07) is 9.72. The zero-order valence-electron chi connectivity index (χ0n) is 18.6. The Morgan fingerprint density at radius 3 is 2.61 bits per heavy atom. The van der Waals surface area contributed by atoms with Crippen LogP contribution in [0.25, 0.3) is 27.9 Å². The Morgan fingerprint density at radius 2 is 1.85 bits per heavy atom. The van der Waals surface area contributed by atoms with E-state index in [0.29, 0.717) is 50.0 Å². The quantitative estimate of drug-likeness (QED) is 0.444. The molecule has 10 heteroatoms. The molecule has 172 valence electrons. The van der Waals surface area contributed by atoms with Crippen LogP contribution in [0.5, 0.6) is 0 Å². The van der Waals surface area contributed by atoms with E-state index in [1.165, 1.54) is 6.26 Å². The van der Waals surface area contributed by atoms with Gasteiger partial charge in [-0.25, -0.2) is 18.4 Å². The Kier molecular flexibility index (Phi) is 5.41. The highest BCUT2D eigenvalue weighted by Crippen LogP contribution is 2.26. The number of hydrogen-bond acceptors (Lipinski definition) is 7. The van der Waals surface area contributed by atoms with Gasteiger partial charge in [0.2, 0.25) is 0 Å². The Balaban J connectivity index is 1.36. The van der Waals surface area contributed by atoms with Gasteiger partial charge in [0.15, 0.2) is 11.5 Å². The van der Waals surface area contributed by atoms with Crippen LogP contribution in [0.3, 0.4) is 0 Å². The van der Waals surface area contributed by atoms with Crippen molar-refractivity contribution in [2.45, 2.75) is 6.92 Å². The molecule has 9 nitrogen and oxygen atoms in total. The first-order valence-corrected chi connectivity index (χ1v) is 12.9. The van der Waals surface area contributed by atoms with Crippen LogP contribution in [0.1, 0.15) is 16.4 Å². The molecule has 4 heterocycles. The maximum absolute atomic E-state index is 13.3. The van der Waals surface area contributed by atoms with Gasteiger partial charge in [0, 0.05) is 52.1 Å². The lowest BCUT2D eigenvalue weighted by Gasteiger charge is -2.34. The monoisotopic (exact) mass is 467 g/mol. The number of benzene rings is 1. The first-order chi connectivity index (χ1) is 15.8. The molecule has 0 N–H and O–H groups in total. The minimum Gasteiger partial charge on any atom is -0.441 e. The van der Waals surface area contributed by atoms with Gasteiger partial charge in [0.05, 0.1) is 11.9 Å². The normalized spacial score (nSPS) is 15.5. The molecule has 33 heavy (non-hydrogen) atoms. The van der Waals surface area contributed by atoms with Gasteiger partial charge in [0.25, 0.3) is 5.91 Å². The molecule has 3 aromatic heterocycles. The number of oxazole rings is 1. The van der Waals surface area contributed by atoms with E-state index in [2.05, 4.69) is 14.9 Å². The number of sulfone groups is 1. The lowest BCUT2D eigenvalue weighted by atomic mass is 10.1. The van der Waals surface area contributed by atoms with E-state index in [0.717, 1.165) is 22.2 Å². The Hall–Kier alpha value is -3.24. The summed E-state index contributed by atoms with van der Waals surface area (Å²) in [5.74, 6) is 0.679. The summed E-state index contributed by atoms with van der Waals surface area (Å²) in [6.45, 7) is 4.73. The molecule has 1 aliphatic heterocycles. The maximum Gasteiger partial charge on any atom is 0.272 e. The minimum absolute atomic E-state index is 0.0787. The second-order valence-electron chi connectivity index (χ2n) is 8.47. The van der Waals surface area contributed by atoms with Gasteiger partial charge in [-0.3, -0.25) is 14.1 Å². The molecule has 1 fully saturated rings. The van der Waals surface area contributed by atoms with Gasteiger partial charge in [-0.15, -0.1) is 0 Å². The van der Waals surface area contributed by atoms with Crippen molar-refractivity contribution in [1.29, 1.82) is 0 Å². The van der Waals surface area contributed by atoms with Gasteiger partial charge in [-0.2, -0.15) is 0 Å².